The predicted molar refractivity (Wildman–Crippen MR) is 376 cm³/mol. The first-order valence-electron chi connectivity index (χ1n) is 38.3. The summed E-state index contributed by atoms with van der Waals surface area (Å²) in [7, 11) is 0. The van der Waals surface area contributed by atoms with Gasteiger partial charge in [-0.05, 0) is 57.8 Å². The third kappa shape index (κ3) is 74.0. The molecule has 0 aliphatic heterocycles. The first-order valence-corrected chi connectivity index (χ1v) is 38.3. The largest absolute Gasteiger partial charge is 0.462 e. The van der Waals surface area contributed by atoms with E-state index in [0.29, 0.717) is 12.8 Å². The Kier molecular flexibility index (Phi) is 73.7. The fourth-order valence-corrected chi connectivity index (χ4v) is 11.9. The number of aliphatic hydroxyl groups is 1. The second-order valence-corrected chi connectivity index (χ2v) is 26.1. The van der Waals surface area contributed by atoms with Crippen LogP contribution in [0.5, 0.6) is 0 Å². The molecular weight excluding hydrogens is 1040 g/mol. The number of carbonyl (C=O) groups excluding carboxylic acids is 2. The van der Waals surface area contributed by atoms with E-state index in [2.05, 4.69) is 74.6 Å². The number of unbranched alkanes of at least 4 members (excludes halogenated alkanes) is 54. The van der Waals surface area contributed by atoms with Crippen LogP contribution in [0.1, 0.15) is 418 Å². The molecule has 0 saturated heterocycles. The zero-order valence-electron chi connectivity index (χ0n) is 57.4. The van der Waals surface area contributed by atoms with Gasteiger partial charge in [-0.25, -0.2) is 0 Å². The van der Waals surface area contributed by atoms with Crippen molar-refractivity contribution in [3.05, 3.63) is 60.8 Å². The van der Waals surface area contributed by atoms with E-state index in [9.17, 15) is 14.7 Å². The number of esters is 2. The maximum atomic E-state index is 12.4. The average molecular weight is 1190 g/mol. The van der Waals surface area contributed by atoms with Crippen molar-refractivity contribution in [2.75, 3.05) is 13.2 Å². The number of allylic oxidation sites excluding steroid dienone is 10. The molecule has 0 aromatic carbocycles. The maximum absolute atomic E-state index is 12.4. The summed E-state index contributed by atoms with van der Waals surface area (Å²) >= 11 is 0. The van der Waals surface area contributed by atoms with Crippen LogP contribution in [0.15, 0.2) is 60.8 Å². The highest BCUT2D eigenvalue weighted by atomic mass is 16.6. The van der Waals surface area contributed by atoms with Crippen molar-refractivity contribution in [3.8, 4) is 0 Å². The Morgan fingerprint density at radius 1 is 0.282 bits per heavy atom. The second-order valence-electron chi connectivity index (χ2n) is 26.1. The van der Waals surface area contributed by atoms with E-state index in [0.717, 1.165) is 64.2 Å². The molecule has 0 radical (unpaired) electrons. The summed E-state index contributed by atoms with van der Waals surface area (Å²) in [6.45, 7) is 4.09. The topological polar surface area (TPSA) is 72.8 Å². The zero-order valence-corrected chi connectivity index (χ0v) is 57.4. The van der Waals surface area contributed by atoms with Gasteiger partial charge >= 0.3 is 11.9 Å². The monoisotopic (exact) mass is 1190 g/mol. The van der Waals surface area contributed by atoms with Crippen LogP contribution in [0, 0.1) is 0 Å². The molecule has 1 N–H and O–H groups in total. The van der Waals surface area contributed by atoms with Gasteiger partial charge in [-0.1, -0.05) is 408 Å². The maximum Gasteiger partial charge on any atom is 0.306 e. The average Bonchev–Trinajstić information content (AvgIpc) is 3.51. The molecule has 1 unspecified atom stereocenters. The van der Waals surface area contributed by atoms with Crippen LogP contribution in [-0.4, -0.2) is 36.4 Å². The Hall–Kier alpha value is -2.40. The molecule has 0 aromatic heterocycles. The molecule has 1 atom stereocenters. The molecule has 0 aliphatic carbocycles. The van der Waals surface area contributed by atoms with Crippen LogP contribution in [-0.2, 0) is 19.1 Å². The zero-order chi connectivity index (χ0) is 61.2. The van der Waals surface area contributed by atoms with Gasteiger partial charge in [0.05, 0.1) is 6.61 Å². The van der Waals surface area contributed by atoms with Crippen molar-refractivity contribution in [2.45, 2.75) is 424 Å². The fraction of sp³-hybridized carbons (Fsp3) is 0.850. The van der Waals surface area contributed by atoms with Crippen molar-refractivity contribution < 1.29 is 24.2 Å². The van der Waals surface area contributed by atoms with Crippen molar-refractivity contribution >= 4 is 11.9 Å². The normalized spacial score (nSPS) is 12.5. The molecule has 0 aliphatic rings. The van der Waals surface area contributed by atoms with Crippen LogP contribution in [0.4, 0.5) is 0 Å². The van der Waals surface area contributed by atoms with E-state index in [1.165, 1.54) is 327 Å². The van der Waals surface area contributed by atoms with Crippen LogP contribution < -0.4 is 0 Å². The minimum absolute atomic E-state index is 0.0590. The third-order valence-electron chi connectivity index (χ3n) is 17.6. The summed E-state index contributed by atoms with van der Waals surface area (Å²) in [5.41, 5.74) is 0. The predicted octanol–water partition coefficient (Wildman–Crippen LogP) is 26.8. The third-order valence-corrected chi connectivity index (χ3v) is 17.6. The summed E-state index contributed by atoms with van der Waals surface area (Å²) in [6, 6.07) is 0. The van der Waals surface area contributed by atoms with Gasteiger partial charge in [-0.15, -0.1) is 0 Å². The lowest BCUT2D eigenvalue weighted by Crippen LogP contribution is -2.28. The summed E-state index contributed by atoms with van der Waals surface area (Å²) in [5.74, 6) is -0.564. The molecular formula is C80H148O5. The lowest BCUT2D eigenvalue weighted by atomic mass is 10.0. The lowest BCUT2D eigenvalue weighted by molar-refractivity contribution is -0.161. The highest BCUT2D eigenvalue weighted by molar-refractivity contribution is 5.70. The summed E-state index contributed by atoms with van der Waals surface area (Å²) in [5, 5.41) is 9.72. The van der Waals surface area contributed by atoms with Crippen LogP contribution >= 0.6 is 0 Å². The minimum Gasteiger partial charge on any atom is -0.462 e. The van der Waals surface area contributed by atoms with Gasteiger partial charge < -0.3 is 14.6 Å². The molecule has 0 bridgehead atoms. The second kappa shape index (κ2) is 75.8. The number of hydrogen-bond acceptors (Lipinski definition) is 5. The molecule has 498 valence electrons. The summed E-state index contributed by atoms with van der Waals surface area (Å²) in [6.07, 6.45) is 104. The van der Waals surface area contributed by atoms with Gasteiger partial charge in [0.1, 0.15) is 6.61 Å². The fourth-order valence-electron chi connectivity index (χ4n) is 11.9. The number of hydrogen-bond donors (Lipinski definition) is 1. The van der Waals surface area contributed by atoms with Crippen molar-refractivity contribution in [1.82, 2.24) is 0 Å². The van der Waals surface area contributed by atoms with Gasteiger partial charge in [0, 0.05) is 12.8 Å². The molecule has 0 heterocycles. The van der Waals surface area contributed by atoms with Crippen LogP contribution in [0.3, 0.4) is 0 Å². The Labute approximate surface area is 531 Å². The van der Waals surface area contributed by atoms with Crippen molar-refractivity contribution in [1.29, 1.82) is 0 Å². The Balaban J connectivity index is 3.37. The molecule has 0 spiro atoms. The Morgan fingerprint density at radius 3 is 0.765 bits per heavy atom. The van der Waals surface area contributed by atoms with Gasteiger partial charge in [0.25, 0.3) is 0 Å². The van der Waals surface area contributed by atoms with Crippen LogP contribution in [0.25, 0.3) is 0 Å². The molecule has 0 saturated carbocycles. The highest BCUT2D eigenvalue weighted by Gasteiger charge is 2.16. The van der Waals surface area contributed by atoms with Gasteiger partial charge in [-0.3, -0.25) is 9.59 Å². The van der Waals surface area contributed by atoms with Gasteiger partial charge in [-0.2, -0.15) is 0 Å². The standard InChI is InChI=1S/C80H148O5/c1-3-5-7-9-11-13-15-17-19-21-23-25-27-29-31-33-35-37-38-39-40-41-42-43-45-47-49-51-53-55-57-59-61-63-65-67-69-71-73-75-80(83)85-78(76-81)77-84-79(82)74-72-70-68-66-64-62-60-58-56-54-52-50-48-46-44-36-34-32-30-28-26-24-22-20-18-16-14-12-10-8-6-4-2/h5,7,11,13,17,19,23,25,29,31,78,81H,3-4,6,8-10,12,14-16,18,20-22,24,26-28,30,32-77H2,1-2H3/b7-5-,13-11-,19-17-,25-23-,31-29-. The SMILES string of the molecule is CC/C=C\C/C=C\C/C=C\C/C=C\C/C=C\CCCCCCCCCCCCCCCCCCCCCCCCCC(=O)OC(CO)COC(=O)CCCCCCCCCCCCCCCCCCCCCCCCCCCCCCCCCC. The van der Waals surface area contributed by atoms with E-state index in [-0.39, 0.29) is 25.2 Å². The highest BCUT2D eigenvalue weighted by Crippen LogP contribution is 2.20. The first kappa shape index (κ1) is 82.6. The van der Waals surface area contributed by atoms with Crippen LogP contribution in [0.2, 0.25) is 0 Å². The number of rotatable bonds is 72. The van der Waals surface area contributed by atoms with E-state index in [1.54, 1.807) is 0 Å². The van der Waals surface area contributed by atoms with Gasteiger partial charge in [0.15, 0.2) is 6.10 Å². The lowest BCUT2D eigenvalue weighted by Gasteiger charge is -2.15. The molecule has 0 fully saturated rings. The smallest absolute Gasteiger partial charge is 0.306 e. The molecule has 0 aromatic rings. The van der Waals surface area contributed by atoms with Crippen molar-refractivity contribution in [3.63, 3.8) is 0 Å². The molecule has 0 amide bonds. The Bertz CT molecular complexity index is 1440. The van der Waals surface area contributed by atoms with Crippen molar-refractivity contribution in [2.24, 2.45) is 0 Å². The van der Waals surface area contributed by atoms with E-state index < -0.39 is 6.10 Å². The molecule has 85 heavy (non-hydrogen) atoms. The molecule has 5 heteroatoms. The van der Waals surface area contributed by atoms with Gasteiger partial charge in [0.2, 0.25) is 0 Å². The number of aliphatic hydroxyl groups excluding tert-OH is 1. The van der Waals surface area contributed by atoms with E-state index in [4.69, 9.17) is 9.47 Å². The molecule has 0 rings (SSSR count). The number of ether oxygens (including phenoxy) is 2. The Morgan fingerprint density at radius 2 is 0.506 bits per heavy atom. The summed E-state index contributed by atoms with van der Waals surface area (Å²) in [4.78, 5) is 24.7. The quantitative estimate of drug-likeness (QED) is 0.0373. The van der Waals surface area contributed by atoms with E-state index in [1.807, 2.05) is 0 Å². The van der Waals surface area contributed by atoms with E-state index >= 15 is 0 Å². The minimum atomic E-state index is -0.770. The first-order chi connectivity index (χ1) is 42.1. The molecule has 5 nitrogen and oxygen atoms in total. The summed E-state index contributed by atoms with van der Waals surface area (Å²) < 4.78 is 10.8. The number of carbonyl (C=O) groups is 2.